The van der Waals surface area contributed by atoms with Crippen molar-refractivity contribution in [3.05, 3.63) is 43.0 Å². The maximum absolute atomic E-state index is 5.59. The highest BCUT2D eigenvalue weighted by molar-refractivity contribution is 8.13. The Morgan fingerprint density at radius 2 is 2.00 bits per heavy atom. The molecule has 0 aromatic heterocycles. The van der Waals surface area contributed by atoms with E-state index in [1.165, 1.54) is 0 Å². The molecular weight excluding hydrogens is 227 g/mol. The molecule has 0 N–H and O–H groups in total. The van der Waals surface area contributed by atoms with E-state index >= 15 is 0 Å². The van der Waals surface area contributed by atoms with E-state index in [1.807, 2.05) is 37.3 Å². The van der Waals surface area contributed by atoms with Crippen LogP contribution < -0.4 is 5.30 Å². The lowest BCUT2D eigenvalue weighted by molar-refractivity contribution is 0.285. The van der Waals surface area contributed by atoms with Crippen molar-refractivity contribution in [3.63, 3.8) is 0 Å². The van der Waals surface area contributed by atoms with Crippen molar-refractivity contribution in [2.24, 2.45) is 0 Å². The van der Waals surface area contributed by atoms with Gasteiger partial charge in [-0.3, -0.25) is 0 Å². The largest absolute Gasteiger partial charge is 0.326 e. The van der Waals surface area contributed by atoms with E-state index in [9.17, 15) is 0 Å². The van der Waals surface area contributed by atoms with Crippen molar-refractivity contribution in [1.82, 2.24) is 0 Å². The molecular formula is C11H15O2PS. The second-order valence-electron chi connectivity index (χ2n) is 2.84. The minimum absolute atomic E-state index is 0.423. The Morgan fingerprint density at radius 1 is 1.33 bits per heavy atom. The SMILES string of the molecule is C=CCOP(=S)(OCC)c1ccccc1. The van der Waals surface area contributed by atoms with Gasteiger partial charge in [0.25, 0.3) is 0 Å². The first-order valence-electron chi connectivity index (χ1n) is 4.78. The van der Waals surface area contributed by atoms with E-state index in [0.29, 0.717) is 13.2 Å². The van der Waals surface area contributed by atoms with Gasteiger partial charge in [-0.2, -0.15) is 0 Å². The highest BCUT2D eigenvalue weighted by Crippen LogP contribution is 2.47. The molecule has 0 radical (unpaired) electrons. The average molecular weight is 242 g/mol. The summed E-state index contributed by atoms with van der Waals surface area (Å²) in [6, 6.07) is 9.71. The van der Waals surface area contributed by atoms with E-state index in [2.05, 4.69) is 6.58 Å². The molecule has 15 heavy (non-hydrogen) atoms. The fourth-order valence-electron chi connectivity index (χ4n) is 1.12. The van der Waals surface area contributed by atoms with Crippen molar-refractivity contribution in [1.29, 1.82) is 0 Å². The summed E-state index contributed by atoms with van der Waals surface area (Å²) >= 11 is 5.45. The maximum Gasteiger partial charge on any atom is 0.219 e. The fourth-order valence-corrected chi connectivity index (χ4v) is 3.53. The first-order valence-corrected chi connectivity index (χ1v) is 7.42. The van der Waals surface area contributed by atoms with Crippen LogP contribution >= 0.6 is 6.49 Å². The van der Waals surface area contributed by atoms with Crippen LogP contribution in [0.5, 0.6) is 0 Å². The summed E-state index contributed by atoms with van der Waals surface area (Å²) < 4.78 is 11.2. The molecule has 1 rings (SSSR count). The van der Waals surface area contributed by atoms with E-state index in [-0.39, 0.29) is 0 Å². The Bertz CT molecular complexity index is 351. The van der Waals surface area contributed by atoms with Gasteiger partial charge < -0.3 is 9.05 Å². The highest BCUT2D eigenvalue weighted by atomic mass is 32.5. The van der Waals surface area contributed by atoms with E-state index in [4.69, 9.17) is 20.9 Å². The monoisotopic (exact) mass is 242 g/mol. The summed E-state index contributed by atoms with van der Waals surface area (Å²) in [7, 11) is 0. The predicted molar refractivity (Wildman–Crippen MR) is 68.1 cm³/mol. The summed E-state index contributed by atoms with van der Waals surface area (Å²) in [4.78, 5) is 0. The molecule has 2 nitrogen and oxygen atoms in total. The molecule has 0 aliphatic carbocycles. The van der Waals surface area contributed by atoms with Gasteiger partial charge in [0.1, 0.15) is 0 Å². The molecule has 0 aliphatic rings. The molecule has 4 heteroatoms. The van der Waals surface area contributed by atoms with Crippen LogP contribution in [-0.4, -0.2) is 13.2 Å². The molecule has 0 bridgehead atoms. The van der Waals surface area contributed by atoms with Crippen molar-refractivity contribution < 1.29 is 9.05 Å². The molecule has 0 aliphatic heterocycles. The zero-order chi connectivity index (χ0) is 11.1. The summed E-state index contributed by atoms with van der Waals surface area (Å²) in [5.74, 6) is 0. The molecule has 1 unspecified atom stereocenters. The van der Waals surface area contributed by atoms with Crippen LogP contribution in [0.2, 0.25) is 0 Å². The second-order valence-corrected chi connectivity index (χ2v) is 6.31. The van der Waals surface area contributed by atoms with Gasteiger partial charge in [-0.1, -0.05) is 24.3 Å². The third-order valence-corrected chi connectivity index (χ3v) is 5.02. The van der Waals surface area contributed by atoms with Gasteiger partial charge in [-0.05, 0) is 30.9 Å². The number of rotatable bonds is 6. The van der Waals surface area contributed by atoms with Crippen molar-refractivity contribution >= 4 is 23.6 Å². The van der Waals surface area contributed by atoms with Gasteiger partial charge in [0.2, 0.25) is 6.49 Å². The Kier molecular flexibility index (Phi) is 5.20. The minimum Gasteiger partial charge on any atom is -0.326 e. The normalized spacial score (nSPS) is 14.5. The zero-order valence-electron chi connectivity index (χ0n) is 8.76. The Labute approximate surface area is 96.1 Å². The van der Waals surface area contributed by atoms with Crippen molar-refractivity contribution in [2.45, 2.75) is 6.92 Å². The first kappa shape index (κ1) is 12.6. The van der Waals surface area contributed by atoms with Crippen LogP contribution in [-0.2, 0) is 20.9 Å². The van der Waals surface area contributed by atoms with E-state index in [1.54, 1.807) is 6.08 Å². The molecule has 0 spiro atoms. The Hall–Kier alpha value is -0.470. The minimum atomic E-state index is -2.33. The van der Waals surface area contributed by atoms with Crippen LogP contribution in [0, 0.1) is 0 Å². The van der Waals surface area contributed by atoms with Gasteiger partial charge in [-0.25, -0.2) is 0 Å². The molecule has 82 valence electrons. The molecule has 1 aromatic carbocycles. The van der Waals surface area contributed by atoms with Gasteiger partial charge in [0.15, 0.2) is 0 Å². The molecule has 0 amide bonds. The highest BCUT2D eigenvalue weighted by Gasteiger charge is 2.20. The lowest BCUT2D eigenvalue weighted by Crippen LogP contribution is -2.09. The third kappa shape index (κ3) is 3.54. The van der Waals surface area contributed by atoms with Crippen LogP contribution in [0.4, 0.5) is 0 Å². The van der Waals surface area contributed by atoms with Crippen LogP contribution in [0.15, 0.2) is 43.0 Å². The lowest BCUT2D eigenvalue weighted by Gasteiger charge is -2.21. The topological polar surface area (TPSA) is 18.5 Å². The average Bonchev–Trinajstić information content (AvgIpc) is 2.28. The van der Waals surface area contributed by atoms with Crippen LogP contribution in [0.3, 0.4) is 0 Å². The third-order valence-electron chi connectivity index (χ3n) is 1.73. The van der Waals surface area contributed by atoms with Gasteiger partial charge >= 0.3 is 0 Å². The van der Waals surface area contributed by atoms with Gasteiger partial charge in [-0.15, -0.1) is 6.58 Å². The molecule has 0 heterocycles. The number of hydrogen-bond acceptors (Lipinski definition) is 3. The van der Waals surface area contributed by atoms with Crippen molar-refractivity contribution in [3.8, 4) is 0 Å². The van der Waals surface area contributed by atoms with Crippen LogP contribution in [0.25, 0.3) is 0 Å². The predicted octanol–water partition coefficient (Wildman–Crippen LogP) is 2.86. The second kappa shape index (κ2) is 6.19. The van der Waals surface area contributed by atoms with Gasteiger partial charge in [0.05, 0.1) is 13.2 Å². The molecule has 1 aromatic rings. The van der Waals surface area contributed by atoms with E-state index in [0.717, 1.165) is 5.30 Å². The quantitative estimate of drug-likeness (QED) is 0.564. The summed E-state index contributed by atoms with van der Waals surface area (Å²) in [6.07, 6.45) is 1.68. The zero-order valence-corrected chi connectivity index (χ0v) is 10.5. The number of benzene rings is 1. The Balaban J connectivity index is 2.90. The number of hydrogen-bond donors (Lipinski definition) is 0. The fraction of sp³-hybridized carbons (Fsp3) is 0.273. The van der Waals surface area contributed by atoms with Gasteiger partial charge in [0, 0.05) is 5.30 Å². The Morgan fingerprint density at radius 3 is 2.53 bits per heavy atom. The van der Waals surface area contributed by atoms with Crippen molar-refractivity contribution in [2.75, 3.05) is 13.2 Å². The summed E-state index contributed by atoms with van der Waals surface area (Å²) in [6.45, 7) is 4.18. The lowest BCUT2D eigenvalue weighted by atomic mass is 10.4. The smallest absolute Gasteiger partial charge is 0.219 e. The summed E-state index contributed by atoms with van der Waals surface area (Å²) in [5, 5.41) is 0.948. The molecule has 0 saturated carbocycles. The molecule has 1 atom stereocenters. The molecule has 0 fully saturated rings. The standard InChI is InChI=1S/C11H15O2PS/c1-3-10-13-14(15,12-4-2)11-8-6-5-7-9-11/h3,5-9H,1,4,10H2,2H3. The maximum atomic E-state index is 5.59. The molecule has 0 saturated heterocycles. The van der Waals surface area contributed by atoms with E-state index < -0.39 is 6.49 Å². The summed E-state index contributed by atoms with van der Waals surface area (Å²) in [5.41, 5.74) is 0. The van der Waals surface area contributed by atoms with Crippen LogP contribution in [0.1, 0.15) is 6.92 Å². The first-order chi connectivity index (χ1) is 7.23.